The average molecular weight is 316 g/mol. The molecule has 1 amide bonds. The van der Waals surface area contributed by atoms with Gasteiger partial charge in [-0.3, -0.25) is 4.79 Å². The minimum absolute atomic E-state index is 0.0715. The number of nitrogens with one attached hydrogen (secondary N) is 1. The first-order valence-electron chi connectivity index (χ1n) is 7.45. The maximum atomic E-state index is 12.3. The van der Waals surface area contributed by atoms with Crippen molar-refractivity contribution in [2.45, 2.75) is 39.2 Å². The quantitative estimate of drug-likeness (QED) is 0.836. The zero-order valence-electron chi connectivity index (χ0n) is 13.5. The highest BCUT2D eigenvalue weighted by Crippen LogP contribution is 2.24. The van der Waals surface area contributed by atoms with Crippen LogP contribution in [0.5, 0.6) is 0 Å². The predicted octanol–water partition coefficient (Wildman–Crippen LogP) is 5.13. The summed E-state index contributed by atoms with van der Waals surface area (Å²) < 4.78 is 0. The van der Waals surface area contributed by atoms with Crippen LogP contribution in [0, 0.1) is 0 Å². The molecule has 0 bridgehead atoms. The van der Waals surface area contributed by atoms with Gasteiger partial charge in [0.2, 0.25) is 0 Å². The summed E-state index contributed by atoms with van der Waals surface area (Å²) in [5.41, 5.74) is 2.99. The normalized spacial score (nSPS) is 12.8. The lowest BCUT2D eigenvalue weighted by atomic mass is 9.86. The molecule has 0 heterocycles. The first kappa shape index (κ1) is 16.6. The van der Waals surface area contributed by atoms with E-state index in [9.17, 15) is 4.79 Å². The molecule has 2 aromatic rings. The van der Waals surface area contributed by atoms with Crippen molar-refractivity contribution in [1.29, 1.82) is 0 Å². The maximum absolute atomic E-state index is 12.3. The molecule has 1 N–H and O–H groups in total. The van der Waals surface area contributed by atoms with E-state index in [2.05, 4.69) is 50.4 Å². The van der Waals surface area contributed by atoms with E-state index in [0.29, 0.717) is 10.6 Å². The fourth-order valence-electron chi connectivity index (χ4n) is 2.27. The lowest BCUT2D eigenvalue weighted by Gasteiger charge is -2.21. The Labute approximate surface area is 137 Å². The number of hydrogen-bond donors (Lipinski definition) is 1. The summed E-state index contributed by atoms with van der Waals surface area (Å²) in [5.74, 6) is -0.155. The Morgan fingerprint density at radius 1 is 1.05 bits per heavy atom. The van der Waals surface area contributed by atoms with Crippen LogP contribution in [0.3, 0.4) is 0 Å². The van der Waals surface area contributed by atoms with Crippen LogP contribution in [-0.4, -0.2) is 5.91 Å². The summed E-state index contributed by atoms with van der Waals surface area (Å²) in [7, 11) is 0. The standard InChI is InChI=1S/C19H22ClNO/c1-13(14-9-11-15(12-10-14)19(2,3)4)21-18(22)16-7-5-6-8-17(16)20/h5-13H,1-4H3,(H,21,22)/t13-/m0/s1. The van der Waals surface area contributed by atoms with Gasteiger partial charge < -0.3 is 5.32 Å². The average Bonchev–Trinajstić information content (AvgIpc) is 2.46. The first-order valence-corrected chi connectivity index (χ1v) is 7.82. The fourth-order valence-corrected chi connectivity index (χ4v) is 2.50. The Morgan fingerprint density at radius 2 is 1.64 bits per heavy atom. The maximum Gasteiger partial charge on any atom is 0.253 e. The number of rotatable bonds is 3. The molecule has 2 rings (SSSR count). The fraction of sp³-hybridized carbons (Fsp3) is 0.316. The van der Waals surface area contributed by atoms with Crippen LogP contribution < -0.4 is 5.32 Å². The van der Waals surface area contributed by atoms with Crippen molar-refractivity contribution < 1.29 is 4.79 Å². The zero-order chi connectivity index (χ0) is 16.3. The second-order valence-corrected chi connectivity index (χ2v) is 6.95. The Hall–Kier alpha value is -1.80. The Balaban J connectivity index is 2.11. The van der Waals surface area contributed by atoms with Crippen molar-refractivity contribution in [2.24, 2.45) is 0 Å². The number of benzene rings is 2. The Morgan fingerprint density at radius 3 is 2.18 bits per heavy atom. The van der Waals surface area contributed by atoms with Gasteiger partial charge in [-0.2, -0.15) is 0 Å². The van der Waals surface area contributed by atoms with Gasteiger partial charge in [-0.15, -0.1) is 0 Å². The first-order chi connectivity index (χ1) is 10.3. The van der Waals surface area contributed by atoms with Gasteiger partial charge in [0, 0.05) is 0 Å². The van der Waals surface area contributed by atoms with Crippen LogP contribution in [0.15, 0.2) is 48.5 Å². The lowest BCUT2D eigenvalue weighted by molar-refractivity contribution is 0.0940. The third kappa shape index (κ3) is 3.89. The molecule has 116 valence electrons. The third-order valence-electron chi connectivity index (χ3n) is 3.74. The van der Waals surface area contributed by atoms with Crippen molar-refractivity contribution in [3.8, 4) is 0 Å². The number of carbonyl (C=O) groups excluding carboxylic acids is 1. The SMILES string of the molecule is C[C@H](NC(=O)c1ccccc1Cl)c1ccc(C(C)(C)C)cc1. The van der Waals surface area contributed by atoms with Crippen LogP contribution in [0.2, 0.25) is 5.02 Å². The van der Waals surface area contributed by atoms with Gasteiger partial charge in [0.15, 0.2) is 0 Å². The largest absolute Gasteiger partial charge is 0.345 e. The number of halogens is 1. The number of amides is 1. The minimum atomic E-state index is -0.155. The van der Waals surface area contributed by atoms with Crippen molar-refractivity contribution in [3.63, 3.8) is 0 Å². The monoisotopic (exact) mass is 315 g/mol. The van der Waals surface area contributed by atoms with Gasteiger partial charge in [-0.25, -0.2) is 0 Å². The van der Waals surface area contributed by atoms with E-state index in [1.54, 1.807) is 12.1 Å². The second-order valence-electron chi connectivity index (χ2n) is 6.55. The van der Waals surface area contributed by atoms with Gasteiger partial charge in [0.05, 0.1) is 16.6 Å². The number of hydrogen-bond acceptors (Lipinski definition) is 1. The zero-order valence-corrected chi connectivity index (χ0v) is 14.2. The highest BCUT2D eigenvalue weighted by molar-refractivity contribution is 6.33. The molecule has 1 atom stereocenters. The van der Waals surface area contributed by atoms with E-state index in [1.807, 2.05) is 19.1 Å². The molecule has 0 aliphatic carbocycles. The molecule has 22 heavy (non-hydrogen) atoms. The van der Waals surface area contributed by atoms with Gasteiger partial charge in [-0.1, -0.05) is 68.8 Å². The van der Waals surface area contributed by atoms with Gasteiger partial charge in [0.25, 0.3) is 5.91 Å². The predicted molar refractivity (Wildman–Crippen MR) is 92.5 cm³/mol. The molecular formula is C19H22ClNO. The molecule has 0 saturated heterocycles. The molecular weight excluding hydrogens is 294 g/mol. The van der Waals surface area contributed by atoms with Crippen molar-refractivity contribution in [1.82, 2.24) is 5.32 Å². The topological polar surface area (TPSA) is 29.1 Å². The van der Waals surface area contributed by atoms with Crippen LogP contribution in [-0.2, 0) is 5.41 Å². The van der Waals surface area contributed by atoms with Gasteiger partial charge >= 0.3 is 0 Å². The molecule has 0 aliphatic heterocycles. The molecule has 0 aliphatic rings. The smallest absolute Gasteiger partial charge is 0.253 e. The van der Waals surface area contributed by atoms with Crippen LogP contribution in [0.25, 0.3) is 0 Å². The van der Waals surface area contributed by atoms with E-state index >= 15 is 0 Å². The van der Waals surface area contributed by atoms with Gasteiger partial charge in [0.1, 0.15) is 0 Å². The highest BCUT2D eigenvalue weighted by atomic mass is 35.5. The summed E-state index contributed by atoms with van der Waals surface area (Å²) in [6.07, 6.45) is 0. The van der Waals surface area contributed by atoms with Gasteiger partial charge in [-0.05, 0) is 35.6 Å². The minimum Gasteiger partial charge on any atom is -0.345 e. The van der Waals surface area contributed by atoms with Crippen molar-refractivity contribution in [3.05, 3.63) is 70.2 Å². The van der Waals surface area contributed by atoms with E-state index in [0.717, 1.165) is 5.56 Å². The number of carbonyl (C=O) groups is 1. The Bertz CT molecular complexity index is 656. The molecule has 0 radical (unpaired) electrons. The summed E-state index contributed by atoms with van der Waals surface area (Å²) in [6, 6.07) is 15.4. The highest BCUT2D eigenvalue weighted by Gasteiger charge is 2.16. The van der Waals surface area contributed by atoms with Crippen LogP contribution in [0.4, 0.5) is 0 Å². The molecule has 2 nitrogen and oxygen atoms in total. The Kier molecular flexibility index (Phi) is 4.92. The van der Waals surface area contributed by atoms with E-state index in [4.69, 9.17) is 11.6 Å². The lowest BCUT2D eigenvalue weighted by Crippen LogP contribution is -2.27. The van der Waals surface area contributed by atoms with Crippen LogP contribution in [0.1, 0.15) is 55.2 Å². The van der Waals surface area contributed by atoms with Crippen LogP contribution >= 0.6 is 11.6 Å². The molecule has 0 aromatic heterocycles. The summed E-state index contributed by atoms with van der Waals surface area (Å²) in [4.78, 5) is 12.3. The summed E-state index contributed by atoms with van der Waals surface area (Å²) >= 11 is 6.06. The molecule has 0 spiro atoms. The van der Waals surface area contributed by atoms with Crippen molar-refractivity contribution in [2.75, 3.05) is 0 Å². The molecule has 2 aromatic carbocycles. The summed E-state index contributed by atoms with van der Waals surface area (Å²) in [5, 5.41) is 3.46. The molecule has 0 fully saturated rings. The summed E-state index contributed by atoms with van der Waals surface area (Å²) in [6.45, 7) is 8.53. The molecule has 3 heteroatoms. The molecule has 0 saturated carbocycles. The van der Waals surface area contributed by atoms with E-state index in [-0.39, 0.29) is 17.4 Å². The van der Waals surface area contributed by atoms with E-state index < -0.39 is 0 Å². The third-order valence-corrected chi connectivity index (χ3v) is 4.07. The van der Waals surface area contributed by atoms with E-state index in [1.165, 1.54) is 5.56 Å². The van der Waals surface area contributed by atoms with Crippen molar-refractivity contribution >= 4 is 17.5 Å². The molecule has 0 unspecified atom stereocenters. The second kappa shape index (κ2) is 6.53.